The molecule has 1 atom stereocenters. The average Bonchev–Trinajstić information content (AvgIpc) is 2.20. The number of carboxylic acid groups (broad SMARTS) is 1. The van der Waals surface area contributed by atoms with Crippen LogP contribution in [0.4, 0.5) is 0 Å². The number of carbonyl (C=O) groups excluding carboxylic acids is 1. The maximum atomic E-state index is 11.5. The largest absolute Gasteiger partial charge is 0.481 e. The van der Waals surface area contributed by atoms with Gasteiger partial charge in [-0.05, 0) is 31.6 Å². The second-order valence-electron chi connectivity index (χ2n) is 4.67. The van der Waals surface area contributed by atoms with Crippen LogP contribution in [-0.2, 0) is 9.59 Å². The van der Waals surface area contributed by atoms with Crippen molar-refractivity contribution in [2.75, 3.05) is 0 Å². The van der Waals surface area contributed by atoms with E-state index < -0.39 is 12.0 Å². The van der Waals surface area contributed by atoms with Gasteiger partial charge in [0, 0.05) is 6.04 Å². The van der Waals surface area contributed by atoms with Crippen molar-refractivity contribution < 1.29 is 14.7 Å². The molecule has 16 heavy (non-hydrogen) atoms. The van der Waals surface area contributed by atoms with Gasteiger partial charge in [-0.1, -0.05) is 6.92 Å². The van der Waals surface area contributed by atoms with Gasteiger partial charge >= 0.3 is 5.97 Å². The molecule has 0 bridgehead atoms. The monoisotopic (exact) mass is 228 g/mol. The molecule has 1 saturated carbocycles. The number of nitrogens with one attached hydrogen (secondary N) is 1. The zero-order valence-corrected chi connectivity index (χ0v) is 9.61. The Morgan fingerprint density at radius 2 is 1.94 bits per heavy atom. The average molecular weight is 228 g/mol. The zero-order valence-electron chi connectivity index (χ0n) is 9.61. The third-order valence-corrected chi connectivity index (χ3v) is 3.09. The Hall–Kier alpha value is -1.10. The van der Waals surface area contributed by atoms with Crippen molar-refractivity contribution in [3.8, 4) is 0 Å². The van der Waals surface area contributed by atoms with Crippen LogP contribution in [0.2, 0.25) is 0 Å². The Balaban J connectivity index is 2.31. The van der Waals surface area contributed by atoms with E-state index in [2.05, 4.69) is 12.2 Å². The van der Waals surface area contributed by atoms with Crippen LogP contribution >= 0.6 is 0 Å². The molecule has 1 rings (SSSR count). The molecular weight excluding hydrogens is 208 g/mol. The topological polar surface area (TPSA) is 92.4 Å². The number of hydrogen-bond acceptors (Lipinski definition) is 3. The van der Waals surface area contributed by atoms with E-state index in [-0.39, 0.29) is 18.4 Å². The van der Waals surface area contributed by atoms with E-state index in [1.165, 1.54) is 0 Å². The third-order valence-electron chi connectivity index (χ3n) is 3.09. The molecule has 0 spiro atoms. The van der Waals surface area contributed by atoms with Crippen molar-refractivity contribution in [2.45, 2.75) is 51.1 Å². The summed E-state index contributed by atoms with van der Waals surface area (Å²) < 4.78 is 0. The van der Waals surface area contributed by atoms with Crippen molar-refractivity contribution in [3.05, 3.63) is 0 Å². The van der Waals surface area contributed by atoms with E-state index in [4.69, 9.17) is 10.8 Å². The van der Waals surface area contributed by atoms with E-state index >= 15 is 0 Å². The summed E-state index contributed by atoms with van der Waals surface area (Å²) in [6.45, 7) is 2.20. The van der Waals surface area contributed by atoms with Gasteiger partial charge in [0.25, 0.3) is 0 Å². The smallest absolute Gasteiger partial charge is 0.305 e. The molecule has 92 valence electrons. The van der Waals surface area contributed by atoms with E-state index in [9.17, 15) is 9.59 Å². The molecule has 4 N–H and O–H groups in total. The summed E-state index contributed by atoms with van der Waals surface area (Å²) in [5.41, 5.74) is 5.47. The fraction of sp³-hybridized carbons (Fsp3) is 0.818. The van der Waals surface area contributed by atoms with E-state index in [1.54, 1.807) is 0 Å². The van der Waals surface area contributed by atoms with Crippen LogP contribution in [0.5, 0.6) is 0 Å². The molecule has 0 radical (unpaired) electrons. The number of amides is 1. The summed E-state index contributed by atoms with van der Waals surface area (Å²) in [6.07, 6.45) is 3.84. The normalized spacial score (nSPS) is 27.1. The molecular formula is C11H20N2O3. The third kappa shape index (κ3) is 4.18. The van der Waals surface area contributed by atoms with Gasteiger partial charge in [-0.25, -0.2) is 0 Å². The highest BCUT2D eigenvalue weighted by Crippen LogP contribution is 2.23. The number of hydrogen-bond donors (Lipinski definition) is 3. The van der Waals surface area contributed by atoms with Crippen molar-refractivity contribution in [3.63, 3.8) is 0 Å². The number of carboxylic acids is 1. The quantitative estimate of drug-likeness (QED) is 0.652. The van der Waals surface area contributed by atoms with Crippen molar-refractivity contribution >= 4 is 11.9 Å². The number of rotatable bonds is 4. The number of nitrogens with two attached hydrogens (primary N) is 1. The highest BCUT2D eigenvalue weighted by Gasteiger charge is 2.23. The van der Waals surface area contributed by atoms with E-state index in [0.29, 0.717) is 0 Å². The Labute approximate surface area is 95.4 Å². The zero-order chi connectivity index (χ0) is 12.1. The molecule has 0 aliphatic heterocycles. The summed E-state index contributed by atoms with van der Waals surface area (Å²) in [4.78, 5) is 21.9. The summed E-state index contributed by atoms with van der Waals surface area (Å²) in [5, 5.41) is 11.3. The van der Waals surface area contributed by atoms with Gasteiger partial charge in [0.15, 0.2) is 0 Å². The molecule has 1 amide bonds. The summed E-state index contributed by atoms with van der Waals surface area (Å²) >= 11 is 0. The lowest BCUT2D eigenvalue weighted by Gasteiger charge is -2.27. The predicted molar refractivity (Wildman–Crippen MR) is 59.8 cm³/mol. The molecule has 0 aromatic rings. The van der Waals surface area contributed by atoms with Crippen LogP contribution in [0.1, 0.15) is 39.0 Å². The molecule has 1 aliphatic rings. The fourth-order valence-corrected chi connectivity index (χ4v) is 1.99. The molecule has 0 saturated heterocycles. The van der Waals surface area contributed by atoms with E-state index in [1.807, 2.05) is 0 Å². The van der Waals surface area contributed by atoms with Gasteiger partial charge in [0.05, 0.1) is 12.5 Å². The molecule has 5 nitrogen and oxygen atoms in total. The second-order valence-corrected chi connectivity index (χ2v) is 4.67. The lowest BCUT2D eigenvalue weighted by molar-refractivity contribution is -0.139. The summed E-state index contributed by atoms with van der Waals surface area (Å²) in [7, 11) is 0. The van der Waals surface area contributed by atoms with Crippen LogP contribution in [0.15, 0.2) is 0 Å². The summed E-state index contributed by atoms with van der Waals surface area (Å²) in [6, 6.07) is -0.764. The van der Waals surface area contributed by atoms with Crippen LogP contribution in [0.25, 0.3) is 0 Å². The maximum absolute atomic E-state index is 11.5. The minimum Gasteiger partial charge on any atom is -0.481 e. The maximum Gasteiger partial charge on any atom is 0.305 e. The Morgan fingerprint density at radius 3 is 2.44 bits per heavy atom. The minimum absolute atomic E-state index is 0.170. The first-order valence-corrected chi connectivity index (χ1v) is 5.76. The SMILES string of the molecule is CC1CCC(NC(=O)C(N)CC(=O)O)CC1. The van der Waals surface area contributed by atoms with Crippen LogP contribution in [0.3, 0.4) is 0 Å². The Kier molecular flexibility index (Phi) is 4.73. The van der Waals surface area contributed by atoms with Gasteiger partial charge in [0.1, 0.15) is 0 Å². The molecule has 1 aliphatic carbocycles. The first-order chi connectivity index (χ1) is 7.49. The standard InChI is InChI=1S/C11H20N2O3/c1-7-2-4-8(5-3-7)13-11(16)9(12)6-10(14)15/h7-9H,2-6,12H2,1H3,(H,13,16)(H,14,15). The molecule has 1 fully saturated rings. The van der Waals surface area contributed by atoms with Crippen LogP contribution in [-0.4, -0.2) is 29.1 Å². The van der Waals surface area contributed by atoms with Gasteiger partial charge in [-0.3, -0.25) is 9.59 Å². The number of aliphatic carboxylic acids is 1. The lowest BCUT2D eigenvalue weighted by atomic mass is 9.87. The molecule has 5 heteroatoms. The fourth-order valence-electron chi connectivity index (χ4n) is 1.99. The highest BCUT2D eigenvalue weighted by molar-refractivity contribution is 5.86. The van der Waals surface area contributed by atoms with Crippen LogP contribution < -0.4 is 11.1 Å². The van der Waals surface area contributed by atoms with Gasteiger partial charge < -0.3 is 16.2 Å². The minimum atomic E-state index is -1.04. The van der Waals surface area contributed by atoms with Crippen molar-refractivity contribution in [2.24, 2.45) is 11.7 Å². The van der Waals surface area contributed by atoms with E-state index in [0.717, 1.165) is 31.6 Å². The van der Waals surface area contributed by atoms with Gasteiger partial charge in [-0.15, -0.1) is 0 Å². The van der Waals surface area contributed by atoms with Gasteiger partial charge in [-0.2, -0.15) is 0 Å². The first-order valence-electron chi connectivity index (χ1n) is 5.76. The lowest BCUT2D eigenvalue weighted by Crippen LogP contribution is -2.47. The summed E-state index contributed by atoms with van der Waals surface area (Å²) in [5.74, 6) is -0.664. The highest BCUT2D eigenvalue weighted by atomic mass is 16.4. The molecule has 0 aromatic heterocycles. The predicted octanol–water partition coefficient (Wildman–Crippen LogP) is 0.483. The van der Waals surface area contributed by atoms with Gasteiger partial charge in [0.2, 0.25) is 5.91 Å². The number of carbonyl (C=O) groups is 2. The molecule has 0 heterocycles. The Bertz CT molecular complexity index is 260. The molecule has 0 aromatic carbocycles. The van der Waals surface area contributed by atoms with Crippen molar-refractivity contribution in [1.29, 1.82) is 0 Å². The molecule has 1 unspecified atom stereocenters. The van der Waals surface area contributed by atoms with Crippen molar-refractivity contribution in [1.82, 2.24) is 5.32 Å². The Morgan fingerprint density at radius 1 is 1.38 bits per heavy atom. The second kappa shape index (κ2) is 5.84. The van der Waals surface area contributed by atoms with Crippen LogP contribution in [0, 0.1) is 5.92 Å². The first kappa shape index (κ1) is 13.0.